The van der Waals surface area contributed by atoms with Gasteiger partial charge in [-0.05, 0) is 36.2 Å². The molecule has 1 fully saturated rings. The molecule has 1 saturated heterocycles. The number of carbonyl (C=O) groups excluding carboxylic acids is 2. The third-order valence-corrected chi connectivity index (χ3v) is 6.21. The second kappa shape index (κ2) is 10.3. The van der Waals surface area contributed by atoms with Gasteiger partial charge in [-0.15, -0.1) is 0 Å². The molecule has 1 aromatic carbocycles. The zero-order valence-corrected chi connectivity index (χ0v) is 19.8. The zero-order valence-electron chi connectivity index (χ0n) is 19.1. The maximum Gasteiger partial charge on any atom is 0.312 e. The summed E-state index contributed by atoms with van der Waals surface area (Å²) in [6, 6.07) is 11.5. The topological polar surface area (TPSA) is 90.2 Å². The fourth-order valence-corrected chi connectivity index (χ4v) is 4.42. The van der Waals surface area contributed by atoms with E-state index in [0.29, 0.717) is 28.7 Å². The number of carbonyl (C=O) groups is 2. The number of benzene rings is 1. The molecule has 178 valence electrons. The Morgan fingerprint density at radius 2 is 1.94 bits per heavy atom. The van der Waals surface area contributed by atoms with Crippen molar-refractivity contribution in [3.05, 3.63) is 75.3 Å². The average molecular weight is 484 g/mol. The number of ether oxygens (including phenoxy) is 2. The van der Waals surface area contributed by atoms with Gasteiger partial charge in [0.05, 0.1) is 29.8 Å². The summed E-state index contributed by atoms with van der Waals surface area (Å²) in [6.07, 6.45) is 3.33. The lowest BCUT2D eigenvalue weighted by atomic mass is 9.93. The molecule has 4 rings (SSSR count). The number of aromatic nitrogens is 2. The number of halogens is 1. The molecule has 3 heterocycles. The Bertz CT molecular complexity index is 1260. The van der Waals surface area contributed by atoms with E-state index in [1.54, 1.807) is 24.1 Å². The predicted octanol–water partition coefficient (Wildman–Crippen LogP) is 3.79. The number of methoxy groups -OCH3 is 1. The lowest BCUT2D eigenvalue weighted by Crippen LogP contribution is -2.32. The maximum absolute atomic E-state index is 13.1. The molecule has 0 N–H and O–H groups in total. The van der Waals surface area contributed by atoms with Crippen molar-refractivity contribution in [3.63, 3.8) is 0 Å². The summed E-state index contributed by atoms with van der Waals surface area (Å²) in [5, 5.41) is 0.415. The largest absolute Gasteiger partial charge is 0.497 e. The van der Waals surface area contributed by atoms with Gasteiger partial charge in [0.2, 0.25) is 5.91 Å². The zero-order chi connectivity index (χ0) is 24.2. The second-order valence-corrected chi connectivity index (χ2v) is 8.67. The molecule has 34 heavy (non-hydrogen) atoms. The highest BCUT2D eigenvalue weighted by atomic mass is 35.5. The lowest BCUT2D eigenvalue weighted by Gasteiger charge is -2.28. The van der Waals surface area contributed by atoms with Crippen molar-refractivity contribution in [2.45, 2.75) is 38.8 Å². The van der Waals surface area contributed by atoms with E-state index in [9.17, 15) is 14.4 Å². The summed E-state index contributed by atoms with van der Waals surface area (Å²) in [4.78, 5) is 44.5. The van der Waals surface area contributed by atoms with Crippen LogP contribution in [0.1, 0.15) is 43.5 Å². The quantitative estimate of drug-likeness (QED) is 0.453. The Balaban J connectivity index is 1.55. The number of nitrogens with zero attached hydrogens (tertiary/aromatic N) is 3. The van der Waals surface area contributed by atoms with Crippen LogP contribution < -0.4 is 10.3 Å². The molecule has 1 aliphatic heterocycles. The number of fused-ring (bicyclic) bond motifs is 1. The molecule has 0 aliphatic carbocycles. The summed E-state index contributed by atoms with van der Waals surface area (Å²) in [5.41, 5.74) is 1.26. The van der Waals surface area contributed by atoms with Gasteiger partial charge >= 0.3 is 5.97 Å². The van der Waals surface area contributed by atoms with Crippen molar-refractivity contribution in [1.82, 2.24) is 14.3 Å². The molecule has 1 amide bonds. The third kappa shape index (κ3) is 4.92. The summed E-state index contributed by atoms with van der Waals surface area (Å²) >= 11 is 5.95. The first-order chi connectivity index (χ1) is 16.4. The first-order valence-electron chi connectivity index (χ1n) is 11.2. The standard InChI is InChI=1S/C25H26ClN3O5/c1-3-4-11-28-23(31)13-20(24(28)16-5-8-19(33-2)9-6-16)25(32)34-15-18-12-22(30)29-14-17(26)7-10-21(29)27-18/h5-10,12,14,20,24H,3-4,11,13,15H2,1-2H3/t20-,24-/m0/s1. The minimum Gasteiger partial charge on any atom is -0.497 e. The monoisotopic (exact) mass is 483 g/mol. The molecule has 1 aliphatic rings. The van der Waals surface area contributed by atoms with Gasteiger partial charge < -0.3 is 14.4 Å². The van der Waals surface area contributed by atoms with Crippen molar-refractivity contribution in [2.24, 2.45) is 5.92 Å². The van der Waals surface area contributed by atoms with Crippen LogP contribution in [-0.2, 0) is 20.9 Å². The SMILES string of the molecule is CCCCN1C(=O)C[C@H](C(=O)OCc2cc(=O)n3cc(Cl)ccc3n2)[C@@H]1c1ccc(OC)cc1. The number of likely N-dealkylation sites (tertiary alicyclic amines) is 1. The molecule has 2 aromatic heterocycles. The van der Waals surface area contributed by atoms with Crippen LogP contribution in [0.15, 0.2) is 53.5 Å². The highest BCUT2D eigenvalue weighted by Gasteiger charge is 2.45. The molecule has 0 saturated carbocycles. The van der Waals surface area contributed by atoms with Crippen LogP contribution in [0.3, 0.4) is 0 Å². The molecule has 0 radical (unpaired) electrons. The Kier molecular flexibility index (Phi) is 7.17. The van der Waals surface area contributed by atoms with Crippen LogP contribution in [0.25, 0.3) is 5.65 Å². The van der Waals surface area contributed by atoms with Gasteiger partial charge in [0.25, 0.3) is 5.56 Å². The molecular weight excluding hydrogens is 458 g/mol. The maximum atomic E-state index is 13.1. The number of hydrogen-bond acceptors (Lipinski definition) is 6. The van der Waals surface area contributed by atoms with Crippen LogP contribution in [0, 0.1) is 5.92 Å². The van der Waals surface area contributed by atoms with Crippen molar-refractivity contribution in [3.8, 4) is 5.75 Å². The Labute approximate surface area is 202 Å². The van der Waals surface area contributed by atoms with Gasteiger partial charge in [0, 0.05) is 25.2 Å². The predicted molar refractivity (Wildman–Crippen MR) is 127 cm³/mol. The number of esters is 1. The van der Waals surface area contributed by atoms with E-state index in [4.69, 9.17) is 21.1 Å². The molecule has 0 spiro atoms. The van der Waals surface area contributed by atoms with E-state index in [0.717, 1.165) is 18.4 Å². The van der Waals surface area contributed by atoms with E-state index < -0.39 is 17.9 Å². The number of hydrogen-bond donors (Lipinski definition) is 0. The van der Waals surface area contributed by atoms with Gasteiger partial charge in [-0.2, -0.15) is 0 Å². The third-order valence-electron chi connectivity index (χ3n) is 5.98. The van der Waals surface area contributed by atoms with Crippen molar-refractivity contribution < 1.29 is 19.1 Å². The molecule has 2 atom stereocenters. The fourth-order valence-electron chi connectivity index (χ4n) is 4.26. The van der Waals surface area contributed by atoms with Crippen molar-refractivity contribution >= 4 is 29.1 Å². The van der Waals surface area contributed by atoms with E-state index in [1.807, 2.05) is 24.3 Å². The molecular formula is C25H26ClN3O5. The van der Waals surface area contributed by atoms with Gasteiger partial charge in [0.1, 0.15) is 18.0 Å². The summed E-state index contributed by atoms with van der Waals surface area (Å²) in [7, 11) is 1.59. The van der Waals surface area contributed by atoms with Crippen molar-refractivity contribution in [1.29, 1.82) is 0 Å². The van der Waals surface area contributed by atoms with E-state index in [2.05, 4.69) is 11.9 Å². The molecule has 0 unspecified atom stereocenters. The van der Waals surface area contributed by atoms with E-state index in [1.165, 1.54) is 16.7 Å². The molecule has 8 nitrogen and oxygen atoms in total. The van der Waals surface area contributed by atoms with Crippen LogP contribution in [0.4, 0.5) is 0 Å². The molecule has 0 bridgehead atoms. The number of amides is 1. The van der Waals surface area contributed by atoms with E-state index in [-0.39, 0.29) is 24.5 Å². The second-order valence-electron chi connectivity index (χ2n) is 8.24. The highest BCUT2D eigenvalue weighted by molar-refractivity contribution is 6.30. The van der Waals surface area contributed by atoms with Crippen molar-refractivity contribution in [2.75, 3.05) is 13.7 Å². The normalized spacial score (nSPS) is 17.9. The van der Waals surface area contributed by atoms with Gasteiger partial charge in [-0.3, -0.25) is 18.8 Å². The first kappa shape index (κ1) is 23.8. The highest BCUT2D eigenvalue weighted by Crippen LogP contribution is 2.39. The van der Waals surface area contributed by atoms with Gasteiger partial charge in [-0.25, -0.2) is 4.98 Å². The summed E-state index contributed by atoms with van der Waals surface area (Å²) in [6.45, 7) is 2.46. The van der Waals surface area contributed by atoms with Crippen LogP contribution >= 0.6 is 11.6 Å². The molecule has 3 aromatic rings. The number of unbranched alkanes of at least 4 members (excludes halogenated alkanes) is 1. The van der Waals surface area contributed by atoms with Gasteiger partial charge in [-0.1, -0.05) is 37.1 Å². The minimum atomic E-state index is -0.655. The fraction of sp³-hybridized carbons (Fsp3) is 0.360. The summed E-state index contributed by atoms with van der Waals surface area (Å²) < 4.78 is 12.1. The number of pyridine rings is 1. The van der Waals surface area contributed by atoms with E-state index >= 15 is 0 Å². The smallest absolute Gasteiger partial charge is 0.312 e. The first-order valence-corrected chi connectivity index (χ1v) is 11.6. The van der Waals surface area contributed by atoms with Crippen LogP contribution in [-0.4, -0.2) is 39.8 Å². The van der Waals surface area contributed by atoms with Gasteiger partial charge in [0.15, 0.2) is 0 Å². The number of rotatable bonds is 8. The Morgan fingerprint density at radius 1 is 1.18 bits per heavy atom. The van der Waals surface area contributed by atoms with Crippen LogP contribution in [0.5, 0.6) is 5.75 Å². The molecule has 9 heteroatoms. The average Bonchev–Trinajstić information content (AvgIpc) is 3.17. The Morgan fingerprint density at radius 3 is 2.65 bits per heavy atom. The Hall–Kier alpha value is -3.39. The lowest BCUT2D eigenvalue weighted by molar-refractivity contribution is -0.151. The minimum absolute atomic E-state index is 0.0739. The summed E-state index contributed by atoms with van der Waals surface area (Å²) in [5.74, 6) is -0.526. The van der Waals surface area contributed by atoms with Crippen LogP contribution in [0.2, 0.25) is 5.02 Å².